The van der Waals surface area contributed by atoms with E-state index in [1.54, 1.807) is 5.57 Å². The number of rotatable bonds is 0. The molecule has 1 amide bonds. The summed E-state index contributed by atoms with van der Waals surface area (Å²) in [6, 6.07) is 0. The summed E-state index contributed by atoms with van der Waals surface area (Å²) in [5.41, 5.74) is 3.38. The second-order valence-electron chi connectivity index (χ2n) is 5.52. The molecule has 0 N–H and O–H groups in total. The molecule has 2 heterocycles. The van der Waals surface area contributed by atoms with Crippen LogP contribution in [-0.2, 0) is 4.79 Å². The van der Waals surface area contributed by atoms with Gasteiger partial charge < -0.3 is 4.90 Å². The van der Waals surface area contributed by atoms with E-state index in [4.69, 9.17) is 0 Å². The quantitative estimate of drug-likeness (QED) is 0.595. The summed E-state index contributed by atoms with van der Waals surface area (Å²) in [5.74, 6) is 0.376. The second kappa shape index (κ2) is 3.10. The van der Waals surface area contributed by atoms with Crippen LogP contribution in [0.1, 0.15) is 51.9 Å². The van der Waals surface area contributed by atoms with Gasteiger partial charge in [0.25, 0.3) is 0 Å². The monoisotopic (exact) mass is 205 g/mol. The zero-order chi connectivity index (χ0) is 10.5. The number of carbonyl (C=O) groups excluding carboxylic acids is 1. The normalized spacial score (nSPS) is 35.5. The van der Waals surface area contributed by atoms with Crippen molar-refractivity contribution >= 4 is 5.91 Å². The molecule has 0 saturated carbocycles. The number of amides is 1. The fourth-order valence-electron chi connectivity index (χ4n) is 3.74. The van der Waals surface area contributed by atoms with Gasteiger partial charge in [0.1, 0.15) is 0 Å². The van der Waals surface area contributed by atoms with Crippen molar-refractivity contribution in [3.63, 3.8) is 0 Å². The van der Waals surface area contributed by atoms with Crippen LogP contribution < -0.4 is 0 Å². The topological polar surface area (TPSA) is 20.3 Å². The summed E-state index contributed by atoms with van der Waals surface area (Å²) in [6.07, 6.45) is 8.14. The molecule has 1 unspecified atom stereocenters. The number of hydrogen-bond acceptors (Lipinski definition) is 1. The maximum Gasteiger partial charge on any atom is 0.227 e. The van der Waals surface area contributed by atoms with Crippen LogP contribution in [0.2, 0.25) is 0 Å². The molecule has 1 aliphatic carbocycles. The summed E-state index contributed by atoms with van der Waals surface area (Å²) >= 11 is 0. The number of hydrogen-bond donors (Lipinski definition) is 0. The molecule has 2 aliphatic heterocycles. The SMILES string of the molecule is CC12CCCC3=C1N(CCC2)C(=O)CC3. The Kier molecular flexibility index (Phi) is 1.95. The van der Waals surface area contributed by atoms with Gasteiger partial charge in [-0.25, -0.2) is 0 Å². The van der Waals surface area contributed by atoms with Gasteiger partial charge in [0, 0.05) is 24.1 Å². The van der Waals surface area contributed by atoms with E-state index < -0.39 is 0 Å². The van der Waals surface area contributed by atoms with E-state index in [9.17, 15) is 4.79 Å². The highest BCUT2D eigenvalue weighted by Gasteiger charge is 2.43. The number of nitrogens with zero attached hydrogens (tertiary/aromatic N) is 1. The molecule has 0 aromatic rings. The van der Waals surface area contributed by atoms with E-state index in [0.29, 0.717) is 11.3 Å². The minimum Gasteiger partial charge on any atom is -0.316 e. The fourth-order valence-corrected chi connectivity index (χ4v) is 3.74. The Labute approximate surface area is 91.3 Å². The zero-order valence-electron chi connectivity index (χ0n) is 9.51. The van der Waals surface area contributed by atoms with Gasteiger partial charge >= 0.3 is 0 Å². The molecule has 0 spiro atoms. The van der Waals surface area contributed by atoms with Crippen molar-refractivity contribution in [2.75, 3.05) is 6.54 Å². The average molecular weight is 205 g/mol. The molecule has 0 bridgehead atoms. The smallest absolute Gasteiger partial charge is 0.227 e. The van der Waals surface area contributed by atoms with Crippen molar-refractivity contribution in [1.82, 2.24) is 4.90 Å². The molecule has 0 aromatic carbocycles. The van der Waals surface area contributed by atoms with Crippen LogP contribution >= 0.6 is 0 Å². The lowest BCUT2D eigenvalue weighted by Gasteiger charge is -2.49. The van der Waals surface area contributed by atoms with Gasteiger partial charge in [0.15, 0.2) is 0 Å². The molecule has 0 radical (unpaired) electrons. The molecule has 0 aromatic heterocycles. The minimum atomic E-state index is 0.335. The first kappa shape index (κ1) is 9.44. The van der Waals surface area contributed by atoms with E-state index in [1.807, 2.05) is 0 Å². The third-order valence-electron chi connectivity index (χ3n) is 4.44. The molecule has 2 nitrogen and oxygen atoms in total. The standard InChI is InChI=1S/C13H19NO/c1-13-7-2-4-10-5-6-11(15)14(12(10)13)9-3-8-13/h2-9H2,1H3. The highest BCUT2D eigenvalue weighted by atomic mass is 16.2. The van der Waals surface area contributed by atoms with Crippen molar-refractivity contribution in [3.8, 4) is 0 Å². The lowest BCUT2D eigenvalue weighted by Crippen LogP contribution is -2.47. The van der Waals surface area contributed by atoms with Crippen molar-refractivity contribution in [1.29, 1.82) is 0 Å². The van der Waals surface area contributed by atoms with E-state index in [1.165, 1.54) is 37.8 Å². The van der Waals surface area contributed by atoms with Crippen LogP contribution in [0.25, 0.3) is 0 Å². The van der Waals surface area contributed by atoms with Gasteiger partial charge in [-0.1, -0.05) is 6.92 Å². The summed E-state index contributed by atoms with van der Waals surface area (Å²) < 4.78 is 0. The Hall–Kier alpha value is -0.790. The Morgan fingerprint density at radius 1 is 1.13 bits per heavy atom. The molecule has 1 fully saturated rings. The summed E-state index contributed by atoms with van der Waals surface area (Å²) in [5, 5.41) is 0. The van der Waals surface area contributed by atoms with Crippen LogP contribution in [0.15, 0.2) is 11.3 Å². The van der Waals surface area contributed by atoms with Gasteiger partial charge in [-0.3, -0.25) is 4.79 Å². The van der Waals surface area contributed by atoms with Gasteiger partial charge in [-0.2, -0.15) is 0 Å². The molecule has 3 aliphatic rings. The predicted molar refractivity (Wildman–Crippen MR) is 59.2 cm³/mol. The number of piperidine rings is 1. The highest BCUT2D eigenvalue weighted by molar-refractivity contribution is 5.80. The van der Waals surface area contributed by atoms with Crippen molar-refractivity contribution in [2.45, 2.75) is 51.9 Å². The molecule has 82 valence electrons. The first-order valence-corrected chi connectivity index (χ1v) is 6.24. The Morgan fingerprint density at radius 2 is 1.93 bits per heavy atom. The first-order valence-electron chi connectivity index (χ1n) is 6.24. The second-order valence-corrected chi connectivity index (χ2v) is 5.52. The summed E-state index contributed by atoms with van der Waals surface area (Å²) in [6.45, 7) is 3.35. The summed E-state index contributed by atoms with van der Waals surface area (Å²) in [4.78, 5) is 14.0. The largest absolute Gasteiger partial charge is 0.316 e. The van der Waals surface area contributed by atoms with E-state index in [0.717, 1.165) is 19.4 Å². The number of carbonyl (C=O) groups is 1. The van der Waals surface area contributed by atoms with Crippen LogP contribution in [0.3, 0.4) is 0 Å². The maximum absolute atomic E-state index is 11.9. The van der Waals surface area contributed by atoms with Gasteiger partial charge in [-0.05, 0) is 44.1 Å². The van der Waals surface area contributed by atoms with Gasteiger partial charge in [0.05, 0.1) is 0 Å². The molecule has 15 heavy (non-hydrogen) atoms. The Balaban J connectivity index is 2.10. The maximum atomic E-state index is 11.9. The zero-order valence-corrected chi connectivity index (χ0v) is 9.51. The van der Waals surface area contributed by atoms with Crippen molar-refractivity contribution in [2.24, 2.45) is 5.41 Å². The molecule has 3 rings (SSSR count). The molecule has 1 saturated heterocycles. The third kappa shape index (κ3) is 1.27. The van der Waals surface area contributed by atoms with E-state index in [-0.39, 0.29) is 0 Å². The first-order chi connectivity index (χ1) is 7.21. The highest BCUT2D eigenvalue weighted by Crippen LogP contribution is 2.50. The van der Waals surface area contributed by atoms with Crippen molar-refractivity contribution in [3.05, 3.63) is 11.3 Å². The van der Waals surface area contributed by atoms with Crippen LogP contribution in [0, 0.1) is 5.41 Å². The van der Waals surface area contributed by atoms with Crippen LogP contribution in [0.4, 0.5) is 0 Å². The van der Waals surface area contributed by atoms with Crippen molar-refractivity contribution < 1.29 is 4.79 Å². The molecular formula is C13H19NO. The molecule has 1 atom stereocenters. The van der Waals surface area contributed by atoms with Gasteiger partial charge in [0.2, 0.25) is 5.91 Å². The Bertz CT molecular complexity index is 344. The lowest BCUT2D eigenvalue weighted by molar-refractivity contribution is -0.132. The minimum absolute atomic E-state index is 0.335. The fraction of sp³-hybridized carbons (Fsp3) is 0.769. The molecular weight excluding hydrogens is 186 g/mol. The van der Waals surface area contributed by atoms with E-state index in [2.05, 4.69) is 11.8 Å². The predicted octanol–water partition coefficient (Wildman–Crippen LogP) is 2.85. The third-order valence-corrected chi connectivity index (χ3v) is 4.44. The van der Waals surface area contributed by atoms with Crippen LogP contribution in [0.5, 0.6) is 0 Å². The Morgan fingerprint density at radius 3 is 2.80 bits per heavy atom. The molecule has 2 heteroatoms. The lowest BCUT2D eigenvalue weighted by atomic mass is 9.67. The number of allylic oxidation sites excluding steroid dienone is 2. The van der Waals surface area contributed by atoms with E-state index >= 15 is 0 Å². The van der Waals surface area contributed by atoms with Gasteiger partial charge in [-0.15, -0.1) is 0 Å². The van der Waals surface area contributed by atoms with Crippen LogP contribution in [-0.4, -0.2) is 17.4 Å². The average Bonchev–Trinajstić information content (AvgIpc) is 2.23. The summed E-state index contributed by atoms with van der Waals surface area (Å²) in [7, 11) is 0.